The summed E-state index contributed by atoms with van der Waals surface area (Å²) in [6.07, 6.45) is 0.622. The Morgan fingerprint density at radius 2 is 1.08 bits per heavy atom. The van der Waals surface area contributed by atoms with Crippen LogP contribution in [0.2, 0.25) is 0 Å². The van der Waals surface area contributed by atoms with Crippen molar-refractivity contribution < 1.29 is 50.1 Å². The Kier molecular flexibility index (Phi) is 15.4. The second-order valence-electron chi connectivity index (χ2n) is 15.8. The number of likely N-dealkylation sites (tertiary alicyclic amines) is 2. The first kappa shape index (κ1) is 46.5. The summed E-state index contributed by atoms with van der Waals surface area (Å²) in [6, 6.07) is 24.4. The van der Waals surface area contributed by atoms with Gasteiger partial charge in [-0.05, 0) is 145 Å². The van der Waals surface area contributed by atoms with Gasteiger partial charge < -0.3 is 24.0 Å². The van der Waals surface area contributed by atoms with Crippen molar-refractivity contribution in [1.29, 1.82) is 0 Å². The maximum absolute atomic E-state index is 12.7. The molecule has 0 N–H and O–H groups in total. The number of carbonyl (C=O) groups excluding carboxylic acids is 2. The molecule has 0 saturated carbocycles. The van der Waals surface area contributed by atoms with Crippen molar-refractivity contribution in [3.63, 3.8) is 0 Å². The molecule has 3 aromatic heterocycles. The molecule has 10 nitrogen and oxygen atoms in total. The minimum absolute atomic E-state index is 0.0352. The predicted octanol–water partition coefficient (Wildman–Crippen LogP) is 11.9. The van der Waals surface area contributed by atoms with Crippen LogP contribution < -0.4 is 14.2 Å². The Labute approximate surface area is 375 Å². The van der Waals surface area contributed by atoms with Gasteiger partial charge in [0.1, 0.15) is 23.1 Å². The van der Waals surface area contributed by atoms with E-state index < -0.39 is 29.6 Å². The number of alkyl halides is 6. The SMILES string of the molecule is O=C(Oc1ccc(Cc2ccc(C(F)(F)F)cc2)cc1)N1CCC(Cc2ncccn2)CC1.O=C(Oc1ccc(Oc2ccc(C(F)(F)F)cn2)cc1)N1CCC(Cc2ccsc2)CC1. The standard InChI is InChI=1S/C25H24F3N3O2.C23H21F3N2O3S/c26-25(27,28)21-6-2-18(3-7-21)16-19-4-8-22(9-5-19)33-24(32)31-14-10-20(11-15-31)17-23-29-12-1-13-30-23;24-23(25,26)18-1-6-21(27-14-18)30-19-2-4-20(5-3-19)31-22(29)28-10-7-16(8-11-28)13-17-9-12-32-15-17/h1-9,12-13,20H,10-11,14-17H2;1-6,9,12,14-16H,7-8,10-11,13H2. The lowest BCUT2D eigenvalue weighted by atomic mass is 9.91. The highest BCUT2D eigenvalue weighted by Gasteiger charge is 2.32. The maximum atomic E-state index is 12.7. The Bertz CT molecular complexity index is 2410. The van der Waals surface area contributed by atoms with E-state index in [1.165, 1.54) is 17.7 Å². The number of ether oxygens (including phenoxy) is 3. The summed E-state index contributed by atoms with van der Waals surface area (Å²) in [7, 11) is 0. The number of pyridine rings is 1. The molecule has 2 saturated heterocycles. The quantitative estimate of drug-likeness (QED) is 0.125. The molecule has 0 atom stereocenters. The molecule has 5 heterocycles. The summed E-state index contributed by atoms with van der Waals surface area (Å²) in [6.45, 7) is 2.58. The molecule has 0 aliphatic carbocycles. The molecule has 2 fully saturated rings. The van der Waals surface area contributed by atoms with Crippen LogP contribution in [0, 0.1) is 11.8 Å². The normalized spacial score (nSPS) is 14.9. The molecule has 2 aliphatic rings. The number of hydrogen-bond acceptors (Lipinski definition) is 9. The Morgan fingerprint density at radius 3 is 1.57 bits per heavy atom. The molecule has 0 spiro atoms. The van der Waals surface area contributed by atoms with E-state index >= 15 is 0 Å². The average molecular weight is 918 g/mol. The minimum atomic E-state index is -4.45. The number of nitrogens with zero attached hydrogens (tertiary/aromatic N) is 5. The van der Waals surface area contributed by atoms with E-state index in [1.807, 2.05) is 12.1 Å². The fraction of sp³-hybridized carbons (Fsp3) is 0.312. The summed E-state index contributed by atoms with van der Waals surface area (Å²) >= 11 is 1.70. The van der Waals surface area contributed by atoms with Gasteiger partial charge in [-0.1, -0.05) is 24.3 Å². The predicted molar refractivity (Wildman–Crippen MR) is 231 cm³/mol. The van der Waals surface area contributed by atoms with Gasteiger partial charge >= 0.3 is 24.5 Å². The van der Waals surface area contributed by atoms with E-state index in [9.17, 15) is 35.9 Å². The number of piperidine rings is 2. The summed E-state index contributed by atoms with van der Waals surface area (Å²) in [5.74, 6) is 3.05. The van der Waals surface area contributed by atoms with Gasteiger partial charge in [-0.25, -0.2) is 24.5 Å². The second kappa shape index (κ2) is 21.5. The third-order valence-corrected chi connectivity index (χ3v) is 11.8. The van der Waals surface area contributed by atoms with E-state index in [2.05, 4.69) is 31.8 Å². The minimum Gasteiger partial charge on any atom is -0.439 e. The van der Waals surface area contributed by atoms with Crippen LogP contribution in [-0.4, -0.2) is 63.1 Å². The van der Waals surface area contributed by atoms with E-state index in [4.69, 9.17) is 14.2 Å². The van der Waals surface area contributed by atoms with E-state index in [1.54, 1.807) is 76.0 Å². The van der Waals surface area contributed by atoms with Crippen molar-refractivity contribution in [2.24, 2.45) is 11.8 Å². The number of benzene rings is 3. The zero-order chi connectivity index (χ0) is 45.8. The van der Waals surface area contributed by atoms with Gasteiger partial charge in [0.05, 0.1) is 11.1 Å². The molecule has 2 amide bonds. The molecule has 65 heavy (non-hydrogen) atoms. The molecular formula is C48H45F6N5O5S. The summed E-state index contributed by atoms with van der Waals surface area (Å²) in [5.41, 5.74) is 1.54. The van der Waals surface area contributed by atoms with Crippen LogP contribution in [0.25, 0.3) is 0 Å². The van der Waals surface area contributed by atoms with Crippen LogP contribution in [0.1, 0.15) is 59.3 Å². The topological polar surface area (TPSA) is 107 Å². The van der Waals surface area contributed by atoms with Gasteiger partial charge in [-0.3, -0.25) is 0 Å². The highest BCUT2D eigenvalue weighted by atomic mass is 32.1. The lowest BCUT2D eigenvalue weighted by Crippen LogP contribution is -2.40. The van der Waals surface area contributed by atoms with Crippen LogP contribution >= 0.6 is 11.3 Å². The Balaban J connectivity index is 0.000000194. The van der Waals surface area contributed by atoms with E-state index in [-0.39, 0.29) is 12.0 Å². The van der Waals surface area contributed by atoms with Crippen molar-refractivity contribution in [3.05, 3.63) is 160 Å². The van der Waals surface area contributed by atoms with Crippen molar-refractivity contribution in [2.45, 2.75) is 57.3 Å². The molecule has 0 bridgehead atoms. The van der Waals surface area contributed by atoms with Crippen LogP contribution in [0.15, 0.2) is 126 Å². The first-order valence-electron chi connectivity index (χ1n) is 21.0. The van der Waals surface area contributed by atoms with Gasteiger partial charge in [-0.15, -0.1) is 0 Å². The van der Waals surface area contributed by atoms with Crippen molar-refractivity contribution >= 4 is 23.5 Å². The van der Waals surface area contributed by atoms with Crippen molar-refractivity contribution in [1.82, 2.24) is 24.8 Å². The van der Waals surface area contributed by atoms with Crippen molar-refractivity contribution in [3.8, 4) is 23.1 Å². The van der Waals surface area contributed by atoms with Gasteiger partial charge in [0.25, 0.3) is 0 Å². The average Bonchev–Trinajstić information content (AvgIpc) is 3.82. The third kappa shape index (κ3) is 14.0. The first-order chi connectivity index (χ1) is 31.2. The zero-order valence-corrected chi connectivity index (χ0v) is 35.8. The number of hydrogen-bond donors (Lipinski definition) is 0. The zero-order valence-electron chi connectivity index (χ0n) is 35.0. The summed E-state index contributed by atoms with van der Waals surface area (Å²) in [5, 5.41) is 4.25. The number of amides is 2. The van der Waals surface area contributed by atoms with Crippen LogP contribution in [0.3, 0.4) is 0 Å². The molecule has 0 radical (unpaired) electrons. The molecule has 340 valence electrons. The summed E-state index contributed by atoms with van der Waals surface area (Å²) in [4.78, 5) is 40.6. The van der Waals surface area contributed by atoms with Crippen LogP contribution in [-0.2, 0) is 31.6 Å². The van der Waals surface area contributed by atoms with Gasteiger partial charge in [0.2, 0.25) is 5.88 Å². The van der Waals surface area contributed by atoms with Gasteiger partial charge in [-0.2, -0.15) is 37.7 Å². The lowest BCUT2D eigenvalue weighted by Gasteiger charge is -2.31. The molecule has 3 aromatic carbocycles. The third-order valence-electron chi connectivity index (χ3n) is 11.1. The molecule has 0 unspecified atom stereocenters. The van der Waals surface area contributed by atoms with Crippen LogP contribution in [0.4, 0.5) is 35.9 Å². The number of rotatable bonds is 10. The number of halogens is 6. The molecule has 8 rings (SSSR count). The monoisotopic (exact) mass is 917 g/mol. The maximum Gasteiger partial charge on any atom is 0.417 e. The van der Waals surface area contributed by atoms with Crippen molar-refractivity contribution in [2.75, 3.05) is 26.2 Å². The molecule has 6 aromatic rings. The van der Waals surface area contributed by atoms with Gasteiger partial charge in [0, 0.05) is 57.3 Å². The largest absolute Gasteiger partial charge is 0.439 e. The highest BCUT2D eigenvalue weighted by molar-refractivity contribution is 7.07. The fourth-order valence-electron chi connectivity index (χ4n) is 7.43. The molecule has 2 aliphatic heterocycles. The number of aromatic nitrogens is 3. The van der Waals surface area contributed by atoms with Crippen LogP contribution in [0.5, 0.6) is 23.1 Å². The number of thiophene rings is 1. The van der Waals surface area contributed by atoms with Gasteiger partial charge in [0.15, 0.2) is 0 Å². The highest BCUT2D eigenvalue weighted by Crippen LogP contribution is 2.32. The van der Waals surface area contributed by atoms with E-state index in [0.717, 1.165) is 85.9 Å². The molecule has 17 heteroatoms. The Hall–Kier alpha value is -6.49. The lowest BCUT2D eigenvalue weighted by molar-refractivity contribution is -0.138. The number of carbonyl (C=O) groups is 2. The molecular weight excluding hydrogens is 873 g/mol. The second-order valence-corrected chi connectivity index (χ2v) is 16.6. The Morgan fingerprint density at radius 1 is 0.585 bits per heavy atom. The smallest absolute Gasteiger partial charge is 0.417 e. The van der Waals surface area contributed by atoms with E-state index in [0.29, 0.717) is 61.7 Å². The fourth-order valence-corrected chi connectivity index (χ4v) is 8.11. The first-order valence-corrected chi connectivity index (χ1v) is 21.9. The summed E-state index contributed by atoms with van der Waals surface area (Å²) < 4.78 is 92.3.